The number of nitrogens with one attached hydrogen (secondary N) is 2. The first-order valence-electron chi connectivity index (χ1n) is 6.49. The van der Waals surface area contributed by atoms with Gasteiger partial charge >= 0.3 is 0 Å². The Labute approximate surface area is 126 Å². The molecule has 1 aliphatic rings. The van der Waals surface area contributed by atoms with Crippen LogP contribution < -0.4 is 10.6 Å². The Morgan fingerprint density at radius 2 is 2.44 bits per heavy atom. The van der Waals surface area contributed by atoms with Crippen molar-refractivity contribution in [3.8, 4) is 0 Å². The molecule has 1 aromatic rings. The van der Waals surface area contributed by atoms with Crippen LogP contribution in [0.2, 0.25) is 0 Å². The van der Waals surface area contributed by atoms with Crippen molar-refractivity contribution in [3.63, 3.8) is 0 Å². The molecule has 0 radical (unpaired) electrons. The Hall–Kier alpha value is -0.140. The van der Waals surface area contributed by atoms with Crippen molar-refractivity contribution in [3.05, 3.63) is 19.4 Å². The highest BCUT2D eigenvalue weighted by molar-refractivity contribution is 14.1. The van der Waals surface area contributed by atoms with E-state index >= 15 is 0 Å². The van der Waals surface area contributed by atoms with Gasteiger partial charge in [-0.3, -0.25) is 4.79 Å². The second-order valence-electron chi connectivity index (χ2n) is 4.53. The van der Waals surface area contributed by atoms with Crippen LogP contribution in [0.15, 0.2) is 6.07 Å². The molecule has 0 aromatic carbocycles. The normalized spacial score (nSPS) is 18.4. The highest BCUT2D eigenvalue weighted by Gasteiger charge is 2.22. The molecule has 5 heteroatoms. The fraction of sp³-hybridized carbons (Fsp3) is 0.615. The lowest BCUT2D eigenvalue weighted by molar-refractivity contribution is -0.120. The molecule has 18 heavy (non-hydrogen) atoms. The summed E-state index contributed by atoms with van der Waals surface area (Å²) in [6.07, 6.45) is 4.23. The second kappa shape index (κ2) is 6.86. The predicted molar refractivity (Wildman–Crippen MR) is 84.0 cm³/mol. The number of carbonyl (C=O) groups excluding carboxylic acids is 1. The van der Waals surface area contributed by atoms with Crippen molar-refractivity contribution in [1.82, 2.24) is 10.6 Å². The van der Waals surface area contributed by atoms with Crippen LogP contribution in [0.3, 0.4) is 0 Å². The van der Waals surface area contributed by atoms with Crippen molar-refractivity contribution in [2.45, 2.75) is 38.6 Å². The molecule has 3 nitrogen and oxygen atoms in total. The molecule has 1 aliphatic carbocycles. The number of halogens is 1. The molecule has 0 aliphatic heterocycles. The average molecular weight is 378 g/mol. The van der Waals surface area contributed by atoms with Gasteiger partial charge in [-0.1, -0.05) is 0 Å². The summed E-state index contributed by atoms with van der Waals surface area (Å²) >= 11 is 4.31. The van der Waals surface area contributed by atoms with Crippen molar-refractivity contribution >= 4 is 39.8 Å². The third-order valence-corrected chi connectivity index (χ3v) is 5.17. The molecule has 0 bridgehead atoms. The Morgan fingerprint density at radius 3 is 3.22 bits per heavy atom. The molecular weight excluding hydrogens is 359 g/mol. The quantitative estimate of drug-likeness (QED) is 0.774. The summed E-state index contributed by atoms with van der Waals surface area (Å²) in [5, 5.41) is 6.35. The van der Waals surface area contributed by atoms with E-state index in [1.807, 2.05) is 18.3 Å². The fourth-order valence-electron chi connectivity index (χ4n) is 2.38. The summed E-state index contributed by atoms with van der Waals surface area (Å²) in [5.74, 6) is 0.140. The zero-order valence-electron chi connectivity index (χ0n) is 10.6. The lowest BCUT2D eigenvalue weighted by Crippen LogP contribution is -2.30. The van der Waals surface area contributed by atoms with E-state index in [-0.39, 0.29) is 5.91 Å². The first-order valence-corrected chi connectivity index (χ1v) is 8.38. The van der Waals surface area contributed by atoms with Crippen LogP contribution >= 0.6 is 33.9 Å². The smallest absolute Gasteiger partial charge is 0.221 e. The first kappa shape index (κ1) is 14.3. The highest BCUT2D eigenvalue weighted by atomic mass is 127. The summed E-state index contributed by atoms with van der Waals surface area (Å²) in [7, 11) is 0. The molecule has 1 amide bonds. The van der Waals surface area contributed by atoms with Crippen molar-refractivity contribution in [2.24, 2.45) is 0 Å². The monoisotopic (exact) mass is 378 g/mol. The first-order chi connectivity index (χ1) is 8.70. The number of carbonyl (C=O) groups is 1. The SMILES string of the molecule is CCNC(=O)CCNC1CCCc2sc(I)cc21. The molecule has 100 valence electrons. The maximum absolute atomic E-state index is 11.4. The molecule has 2 N–H and O–H groups in total. The van der Waals surface area contributed by atoms with E-state index in [1.54, 1.807) is 0 Å². The lowest BCUT2D eigenvalue weighted by Gasteiger charge is -2.23. The summed E-state index contributed by atoms with van der Waals surface area (Å²) in [5.41, 5.74) is 1.46. The molecule has 0 fully saturated rings. The molecule has 1 atom stereocenters. The molecule has 0 spiro atoms. The zero-order valence-corrected chi connectivity index (χ0v) is 13.6. The third kappa shape index (κ3) is 3.68. The number of amides is 1. The van der Waals surface area contributed by atoms with E-state index in [2.05, 4.69) is 39.3 Å². The number of hydrogen-bond donors (Lipinski definition) is 2. The highest BCUT2D eigenvalue weighted by Crippen LogP contribution is 2.36. The summed E-state index contributed by atoms with van der Waals surface area (Å²) < 4.78 is 1.37. The fourth-order valence-corrected chi connectivity index (χ4v) is 4.50. The number of hydrogen-bond acceptors (Lipinski definition) is 3. The van der Waals surface area contributed by atoms with E-state index in [1.165, 1.54) is 32.6 Å². The molecule has 0 saturated carbocycles. The van der Waals surface area contributed by atoms with Gasteiger partial charge in [0, 0.05) is 30.4 Å². The zero-order chi connectivity index (χ0) is 13.0. The van der Waals surface area contributed by atoms with Crippen LogP contribution in [0.4, 0.5) is 0 Å². The van der Waals surface area contributed by atoms with E-state index in [4.69, 9.17) is 0 Å². The summed E-state index contributed by atoms with van der Waals surface area (Å²) in [6, 6.07) is 2.74. The van der Waals surface area contributed by atoms with Gasteiger partial charge in [0.05, 0.1) is 2.88 Å². The minimum absolute atomic E-state index is 0.140. The van der Waals surface area contributed by atoms with Gasteiger partial charge in [-0.15, -0.1) is 11.3 Å². The van der Waals surface area contributed by atoms with E-state index in [9.17, 15) is 4.79 Å². The van der Waals surface area contributed by atoms with Crippen LogP contribution in [0.25, 0.3) is 0 Å². The van der Waals surface area contributed by atoms with Crippen molar-refractivity contribution in [1.29, 1.82) is 0 Å². The van der Waals surface area contributed by atoms with Gasteiger partial charge in [0.25, 0.3) is 0 Å². The minimum atomic E-state index is 0.140. The van der Waals surface area contributed by atoms with Crippen LogP contribution in [-0.2, 0) is 11.2 Å². The van der Waals surface area contributed by atoms with Gasteiger partial charge in [0.15, 0.2) is 0 Å². The molecule has 2 rings (SSSR count). The van der Waals surface area contributed by atoms with Gasteiger partial charge in [-0.05, 0) is 60.4 Å². The van der Waals surface area contributed by atoms with Crippen LogP contribution in [0.5, 0.6) is 0 Å². The Bertz CT molecular complexity index is 419. The maximum atomic E-state index is 11.4. The van der Waals surface area contributed by atoms with Gasteiger partial charge in [0.2, 0.25) is 5.91 Å². The van der Waals surface area contributed by atoms with Crippen LogP contribution in [0, 0.1) is 2.88 Å². The Morgan fingerprint density at radius 1 is 1.61 bits per heavy atom. The molecule has 1 heterocycles. The molecule has 1 unspecified atom stereocenters. The van der Waals surface area contributed by atoms with Gasteiger partial charge in [0.1, 0.15) is 0 Å². The third-order valence-electron chi connectivity index (χ3n) is 3.20. The van der Waals surface area contributed by atoms with Crippen molar-refractivity contribution in [2.75, 3.05) is 13.1 Å². The van der Waals surface area contributed by atoms with E-state index in [0.717, 1.165) is 13.1 Å². The van der Waals surface area contributed by atoms with Gasteiger partial charge in [-0.2, -0.15) is 0 Å². The summed E-state index contributed by atoms with van der Waals surface area (Å²) in [6.45, 7) is 3.43. The topological polar surface area (TPSA) is 41.1 Å². The Kier molecular flexibility index (Phi) is 5.44. The van der Waals surface area contributed by atoms with E-state index < -0.39 is 0 Å². The molecular formula is C13H19IN2OS. The van der Waals surface area contributed by atoms with Crippen LogP contribution in [0.1, 0.15) is 42.7 Å². The standard InChI is InChI=1S/C13H19IN2OS/c1-2-15-13(17)6-7-16-10-4-3-5-11-9(10)8-12(14)18-11/h8,10,16H,2-7H2,1H3,(H,15,17). The maximum Gasteiger partial charge on any atom is 0.221 e. The van der Waals surface area contributed by atoms with Gasteiger partial charge < -0.3 is 10.6 Å². The number of rotatable bonds is 5. The van der Waals surface area contributed by atoms with Crippen molar-refractivity contribution < 1.29 is 4.79 Å². The van der Waals surface area contributed by atoms with Crippen LogP contribution in [-0.4, -0.2) is 19.0 Å². The number of fused-ring (bicyclic) bond motifs is 1. The number of thiophene rings is 1. The van der Waals surface area contributed by atoms with E-state index in [0.29, 0.717) is 12.5 Å². The number of aryl methyl sites for hydroxylation is 1. The molecule has 1 aromatic heterocycles. The Balaban J connectivity index is 1.85. The second-order valence-corrected chi connectivity index (χ2v) is 7.56. The van der Waals surface area contributed by atoms with Gasteiger partial charge in [-0.25, -0.2) is 0 Å². The average Bonchev–Trinajstić information content (AvgIpc) is 2.70. The largest absolute Gasteiger partial charge is 0.356 e. The summed E-state index contributed by atoms with van der Waals surface area (Å²) in [4.78, 5) is 12.9. The minimum Gasteiger partial charge on any atom is -0.356 e. The lowest BCUT2D eigenvalue weighted by atomic mass is 9.94. The molecule has 0 saturated heterocycles. The predicted octanol–water partition coefficient (Wildman–Crippen LogP) is 2.85.